The van der Waals surface area contributed by atoms with Crippen molar-refractivity contribution in [3.8, 4) is 0 Å². The molecule has 0 spiro atoms. The predicted octanol–water partition coefficient (Wildman–Crippen LogP) is 3.99. The van der Waals surface area contributed by atoms with Gasteiger partial charge in [0.1, 0.15) is 5.82 Å². The summed E-state index contributed by atoms with van der Waals surface area (Å²) < 4.78 is 14.2. The Labute approximate surface area is 123 Å². The third kappa shape index (κ3) is 3.80. The molecule has 1 atom stereocenters. The molecule has 1 aromatic carbocycles. The van der Waals surface area contributed by atoms with E-state index in [2.05, 4.69) is 44.8 Å². The molecule has 1 rings (SSSR count). The van der Waals surface area contributed by atoms with Crippen LogP contribution in [0, 0.1) is 5.82 Å². The second-order valence-corrected chi connectivity index (χ2v) is 5.73. The zero-order valence-corrected chi connectivity index (χ0v) is 13.5. The highest BCUT2D eigenvalue weighted by Crippen LogP contribution is 2.32. The summed E-state index contributed by atoms with van der Waals surface area (Å²) in [6.45, 7) is 13.6. The lowest BCUT2D eigenvalue weighted by atomic mass is 9.86. The van der Waals surface area contributed by atoms with Crippen LogP contribution in [0.25, 0.3) is 0 Å². The van der Waals surface area contributed by atoms with Crippen LogP contribution in [0.15, 0.2) is 24.3 Å². The van der Waals surface area contributed by atoms with Gasteiger partial charge in [0.05, 0.1) is 6.04 Å². The SMILES string of the molecule is CCCNC(c1ccccc1F)C(C)(C)N(CC)CC. The Morgan fingerprint density at radius 1 is 1.15 bits per heavy atom. The van der Waals surface area contributed by atoms with Gasteiger partial charge in [-0.1, -0.05) is 39.0 Å². The zero-order valence-electron chi connectivity index (χ0n) is 13.5. The highest BCUT2D eigenvalue weighted by molar-refractivity contribution is 5.24. The molecule has 0 bridgehead atoms. The van der Waals surface area contributed by atoms with Crippen molar-refractivity contribution in [2.24, 2.45) is 0 Å². The molecule has 0 aliphatic carbocycles. The van der Waals surface area contributed by atoms with Crippen molar-refractivity contribution in [1.29, 1.82) is 0 Å². The molecule has 0 aliphatic heterocycles. The molecule has 0 fully saturated rings. The fourth-order valence-corrected chi connectivity index (χ4v) is 2.96. The van der Waals surface area contributed by atoms with Crippen LogP contribution in [0.2, 0.25) is 0 Å². The Balaban J connectivity index is 3.14. The van der Waals surface area contributed by atoms with Gasteiger partial charge >= 0.3 is 0 Å². The summed E-state index contributed by atoms with van der Waals surface area (Å²) in [5, 5.41) is 3.53. The van der Waals surface area contributed by atoms with Gasteiger partial charge in [0.2, 0.25) is 0 Å². The smallest absolute Gasteiger partial charge is 0.128 e. The average Bonchev–Trinajstić information content (AvgIpc) is 2.42. The van der Waals surface area contributed by atoms with Crippen LogP contribution >= 0.6 is 0 Å². The summed E-state index contributed by atoms with van der Waals surface area (Å²) in [6, 6.07) is 7.10. The van der Waals surface area contributed by atoms with Gasteiger partial charge in [0.15, 0.2) is 0 Å². The normalized spacial score (nSPS) is 13.8. The standard InChI is InChI=1S/C17H29FN2/c1-6-13-19-16(14-11-9-10-12-15(14)18)17(4,5)20(7-2)8-3/h9-12,16,19H,6-8,13H2,1-5H3. The third-order valence-corrected chi connectivity index (χ3v) is 4.10. The van der Waals surface area contributed by atoms with E-state index >= 15 is 0 Å². The molecule has 3 heteroatoms. The van der Waals surface area contributed by atoms with Crippen molar-refractivity contribution in [2.75, 3.05) is 19.6 Å². The molecule has 0 amide bonds. The number of nitrogens with one attached hydrogen (secondary N) is 1. The summed E-state index contributed by atoms with van der Waals surface area (Å²) in [5.41, 5.74) is 0.624. The van der Waals surface area contributed by atoms with Crippen molar-refractivity contribution in [3.63, 3.8) is 0 Å². The van der Waals surface area contributed by atoms with Crippen molar-refractivity contribution in [2.45, 2.75) is 52.6 Å². The second-order valence-electron chi connectivity index (χ2n) is 5.73. The van der Waals surface area contributed by atoms with E-state index in [9.17, 15) is 4.39 Å². The number of hydrogen-bond donors (Lipinski definition) is 1. The van der Waals surface area contributed by atoms with Crippen LogP contribution in [0.5, 0.6) is 0 Å². The van der Waals surface area contributed by atoms with Gasteiger partial charge in [-0.2, -0.15) is 0 Å². The first-order valence-electron chi connectivity index (χ1n) is 7.71. The number of halogens is 1. The topological polar surface area (TPSA) is 15.3 Å². The van der Waals surface area contributed by atoms with Crippen molar-refractivity contribution in [3.05, 3.63) is 35.6 Å². The minimum absolute atomic E-state index is 0.0106. The molecule has 20 heavy (non-hydrogen) atoms. The second kappa shape index (κ2) is 7.75. The lowest BCUT2D eigenvalue weighted by Gasteiger charge is -2.44. The first kappa shape index (κ1) is 17.1. The molecule has 1 N–H and O–H groups in total. The largest absolute Gasteiger partial charge is 0.308 e. The number of benzene rings is 1. The summed E-state index contributed by atoms with van der Waals surface area (Å²) in [5.74, 6) is -0.124. The fourth-order valence-electron chi connectivity index (χ4n) is 2.96. The number of likely N-dealkylation sites (N-methyl/N-ethyl adjacent to an activating group) is 1. The Morgan fingerprint density at radius 3 is 2.25 bits per heavy atom. The van der Waals surface area contributed by atoms with Crippen LogP contribution in [-0.2, 0) is 0 Å². The summed E-state index contributed by atoms with van der Waals surface area (Å²) in [7, 11) is 0. The summed E-state index contributed by atoms with van der Waals surface area (Å²) >= 11 is 0. The summed E-state index contributed by atoms with van der Waals surface area (Å²) in [4.78, 5) is 2.38. The first-order chi connectivity index (χ1) is 9.48. The van der Waals surface area contributed by atoms with Gasteiger partial charge in [-0.25, -0.2) is 4.39 Å². The molecule has 0 heterocycles. The van der Waals surface area contributed by atoms with E-state index < -0.39 is 0 Å². The molecular weight excluding hydrogens is 251 g/mol. The number of rotatable bonds is 8. The fraction of sp³-hybridized carbons (Fsp3) is 0.647. The van der Waals surface area contributed by atoms with E-state index in [4.69, 9.17) is 0 Å². The van der Waals surface area contributed by atoms with Gasteiger partial charge in [-0.3, -0.25) is 4.90 Å². The van der Waals surface area contributed by atoms with Crippen molar-refractivity contribution < 1.29 is 4.39 Å². The van der Waals surface area contributed by atoms with Crippen molar-refractivity contribution >= 4 is 0 Å². The molecule has 2 nitrogen and oxygen atoms in total. The predicted molar refractivity (Wildman–Crippen MR) is 84.4 cm³/mol. The maximum absolute atomic E-state index is 14.2. The molecule has 1 unspecified atom stereocenters. The molecule has 0 saturated carbocycles. The number of nitrogens with zero attached hydrogens (tertiary/aromatic N) is 1. The maximum Gasteiger partial charge on any atom is 0.128 e. The Kier molecular flexibility index (Phi) is 6.63. The first-order valence-corrected chi connectivity index (χ1v) is 7.71. The van der Waals surface area contributed by atoms with Crippen LogP contribution in [0.4, 0.5) is 4.39 Å². The highest BCUT2D eigenvalue weighted by Gasteiger charge is 2.35. The van der Waals surface area contributed by atoms with Crippen LogP contribution < -0.4 is 5.32 Å². The van der Waals surface area contributed by atoms with E-state index in [1.54, 1.807) is 12.1 Å². The van der Waals surface area contributed by atoms with E-state index in [1.807, 2.05) is 12.1 Å². The monoisotopic (exact) mass is 280 g/mol. The molecule has 0 aliphatic rings. The van der Waals surface area contributed by atoms with E-state index in [0.717, 1.165) is 31.6 Å². The molecular formula is C17H29FN2. The van der Waals surface area contributed by atoms with Gasteiger partial charge in [-0.05, 0) is 46.0 Å². The Bertz CT molecular complexity index is 400. The molecule has 1 aromatic rings. The average molecular weight is 280 g/mol. The third-order valence-electron chi connectivity index (χ3n) is 4.10. The zero-order chi connectivity index (χ0) is 15.2. The van der Waals surface area contributed by atoms with Crippen LogP contribution in [0.1, 0.15) is 52.6 Å². The highest BCUT2D eigenvalue weighted by atomic mass is 19.1. The van der Waals surface area contributed by atoms with Gasteiger partial charge < -0.3 is 5.32 Å². The number of hydrogen-bond acceptors (Lipinski definition) is 2. The van der Waals surface area contributed by atoms with E-state index in [-0.39, 0.29) is 17.4 Å². The molecule has 0 radical (unpaired) electrons. The lowest BCUT2D eigenvalue weighted by molar-refractivity contribution is 0.0896. The lowest BCUT2D eigenvalue weighted by Crippen LogP contribution is -2.53. The van der Waals surface area contributed by atoms with E-state index in [1.165, 1.54) is 0 Å². The van der Waals surface area contributed by atoms with Crippen molar-refractivity contribution in [1.82, 2.24) is 10.2 Å². The maximum atomic E-state index is 14.2. The Morgan fingerprint density at radius 2 is 1.75 bits per heavy atom. The van der Waals surface area contributed by atoms with E-state index in [0.29, 0.717) is 0 Å². The van der Waals surface area contributed by atoms with Gasteiger partial charge in [0.25, 0.3) is 0 Å². The molecule has 0 aromatic heterocycles. The molecule has 0 saturated heterocycles. The minimum atomic E-state index is -0.138. The Hall–Kier alpha value is -0.930. The summed E-state index contributed by atoms with van der Waals surface area (Å²) in [6.07, 6.45) is 1.04. The van der Waals surface area contributed by atoms with Gasteiger partial charge in [0, 0.05) is 11.1 Å². The van der Waals surface area contributed by atoms with Crippen LogP contribution in [-0.4, -0.2) is 30.1 Å². The van der Waals surface area contributed by atoms with Crippen LogP contribution in [0.3, 0.4) is 0 Å². The molecule has 114 valence electrons. The quantitative estimate of drug-likeness (QED) is 0.774. The van der Waals surface area contributed by atoms with Gasteiger partial charge in [-0.15, -0.1) is 0 Å². The minimum Gasteiger partial charge on any atom is -0.308 e.